The maximum atomic E-state index is 12.3. The maximum Gasteiger partial charge on any atom is 0.343 e. The lowest BCUT2D eigenvalue weighted by atomic mass is 9.96. The normalized spacial score (nSPS) is 14.4. The van der Waals surface area contributed by atoms with Crippen LogP contribution in [0, 0.1) is 0 Å². The van der Waals surface area contributed by atoms with Crippen molar-refractivity contribution < 1.29 is 14.3 Å². The standard InChI is InChI=1S/C22H25N3O3S/c1-27-19-12-10-17(11-13-19)21(26)28-20-9-5-6-16(14-20)15-23-25-22(29)24-18-7-3-2-4-8-18/h5-6,9-15,18H,2-4,7-8H2,1H3,(H2,24,25,29)/b23-15+. The molecule has 0 saturated heterocycles. The van der Waals surface area contributed by atoms with Crippen LogP contribution in [0.15, 0.2) is 53.6 Å². The monoisotopic (exact) mass is 411 g/mol. The molecular formula is C22H25N3O3S. The van der Waals surface area contributed by atoms with E-state index in [0.29, 0.717) is 28.2 Å². The van der Waals surface area contributed by atoms with Crippen molar-refractivity contribution in [3.8, 4) is 11.5 Å². The van der Waals surface area contributed by atoms with Gasteiger partial charge in [0.2, 0.25) is 0 Å². The number of carbonyl (C=O) groups is 1. The number of rotatable bonds is 6. The zero-order chi connectivity index (χ0) is 20.5. The van der Waals surface area contributed by atoms with E-state index in [-0.39, 0.29) is 0 Å². The maximum absolute atomic E-state index is 12.3. The summed E-state index contributed by atoms with van der Waals surface area (Å²) >= 11 is 5.29. The van der Waals surface area contributed by atoms with Crippen LogP contribution in [0.2, 0.25) is 0 Å². The summed E-state index contributed by atoms with van der Waals surface area (Å²) in [6.45, 7) is 0. The van der Waals surface area contributed by atoms with Crippen molar-refractivity contribution in [2.75, 3.05) is 7.11 Å². The minimum absolute atomic E-state index is 0.430. The minimum Gasteiger partial charge on any atom is -0.497 e. The number of benzene rings is 2. The average Bonchev–Trinajstić information content (AvgIpc) is 2.75. The molecule has 0 atom stereocenters. The molecule has 0 aliphatic heterocycles. The first-order chi connectivity index (χ1) is 14.1. The quantitative estimate of drug-likeness (QED) is 0.246. The van der Waals surface area contributed by atoms with Gasteiger partial charge in [-0.2, -0.15) is 5.10 Å². The number of hydrogen-bond donors (Lipinski definition) is 2. The first-order valence-electron chi connectivity index (χ1n) is 9.70. The molecule has 0 aromatic heterocycles. The Morgan fingerprint density at radius 2 is 1.86 bits per heavy atom. The molecule has 152 valence electrons. The molecule has 1 fully saturated rings. The SMILES string of the molecule is COc1ccc(C(=O)Oc2cccc(/C=N/NC(=S)NC3CCCCC3)c2)cc1. The van der Waals surface area contributed by atoms with Gasteiger partial charge in [0, 0.05) is 6.04 Å². The topological polar surface area (TPSA) is 72.0 Å². The molecule has 0 heterocycles. The predicted octanol–water partition coefficient (Wildman–Crippen LogP) is 4.05. The Labute approximate surface area is 176 Å². The minimum atomic E-state index is -0.433. The van der Waals surface area contributed by atoms with E-state index in [1.54, 1.807) is 55.8 Å². The summed E-state index contributed by atoms with van der Waals surface area (Å²) in [6, 6.07) is 14.3. The van der Waals surface area contributed by atoms with Gasteiger partial charge in [-0.3, -0.25) is 5.43 Å². The highest BCUT2D eigenvalue weighted by atomic mass is 32.1. The molecule has 2 N–H and O–H groups in total. The Morgan fingerprint density at radius 1 is 1.10 bits per heavy atom. The highest BCUT2D eigenvalue weighted by Crippen LogP contribution is 2.18. The van der Waals surface area contributed by atoms with Crippen LogP contribution >= 0.6 is 12.2 Å². The Kier molecular flexibility index (Phi) is 7.58. The average molecular weight is 412 g/mol. The van der Waals surface area contributed by atoms with Crippen molar-refractivity contribution in [3.05, 3.63) is 59.7 Å². The van der Waals surface area contributed by atoms with Crippen LogP contribution in [0.4, 0.5) is 0 Å². The second-order valence-corrected chi connectivity index (χ2v) is 7.28. The van der Waals surface area contributed by atoms with Crippen LogP contribution in [0.1, 0.15) is 48.0 Å². The molecular weight excluding hydrogens is 386 g/mol. The van der Waals surface area contributed by atoms with E-state index < -0.39 is 5.97 Å². The lowest BCUT2D eigenvalue weighted by Gasteiger charge is -2.23. The van der Waals surface area contributed by atoms with Crippen LogP contribution in [0.3, 0.4) is 0 Å². The first kappa shape index (κ1) is 20.8. The van der Waals surface area contributed by atoms with Crippen molar-refractivity contribution in [1.29, 1.82) is 0 Å². The number of esters is 1. The lowest BCUT2D eigenvalue weighted by molar-refractivity contribution is 0.0734. The summed E-state index contributed by atoms with van der Waals surface area (Å²) in [5, 5.41) is 7.99. The number of hydrazone groups is 1. The number of thiocarbonyl (C=S) groups is 1. The first-order valence-corrected chi connectivity index (χ1v) is 10.1. The van der Waals surface area contributed by atoms with Crippen molar-refractivity contribution in [2.24, 2.45) is 5.10 Å². The van der Waals surface area contributed by atoms with Crippen LogP contribution in [0.5, 0.6) is 11.5 Å². The number of nitrogens with zero attached hydrogens (tertiary/aromatic N) is 1. The van der Waals surface area contributed by atoms with Gasteiger partial charge in [-0.15, -0.1) is 0 Å². The lowest BCUT2D eigenvalue weighted by Crippen LogP contribution is -2.40. The number of ether oxygens (including phenoxy) is 2. The van der Waals surface area contributed by atoms with Crippen molar-refractivity contribution in [3.63, 3.8) is 0 Å². The molecule has 3 rings (SSSR count). The summed E-state index contributed by atoms with van der Waals surface area (Å²) in [4.78, 5) is 12.3. The molecule has 0 bridgehead atoms. The van der Waals surface area contributed by atoms with Crippen LogP contribution in [0.25, 0.3) is 0 Å². The third kappa shape index (κ3) is 6.57. The molecule has 2 aromatic carbocycles. The molecule has 7 heteroatoms. The highest BCUT2D eigenvalue weighted by Gasteiger charge is 2.13. The predicted molar refractivity (Wildman–Crippen MR) is 118 cm³/mol. The summed E-state index contributed by atoms with van der Waals surface area (Å²) in [7, 11) is 1.58. The molecule has 0 unspecified atom stereocenters. The molecule has 29 heavy (non-hydrogen) atoms. The Balaban J connectivity index is 1.52. The molecule has 0 spiro atoms. The summed E-state index contributed by atoms with van der Waals surface area (Å²) in [5.74, 6) is 0.693. The summed E-state index contributed by atoms with van der Waals surface area (Å²) in [6.07, 6.45) is 7.72. The smallest absolute Gasteiger partial charge is 0.343 e. The Morgan fingerprint density at radius 3 is 2.59 bits per heavy atom. The van der Waals surface area contributed by atoms with Gasteiger partial charge in [0.05, 0.1) is 18.9 Å². The highest BCUT2D eigenvalue weighted by molar-refractivity contribution is 7.80. The van der Waals surface area contributed by atoms with Gasteiger partial charge in [0.15, 0.2) is 5.11 Å². The molecule has 1 saturated carbocycles. The van der Waals surface area contributed by atoms with Crippen LogP contribution in [-0.4, -0.2) is 30.4 Å². The summed E-state index contributed by atoms with van der Waals surface area (Å²) in [5.41, 5.74) is 4.09. The molecule has 0 amide bonds. The van der Waals surface area contributed by atoms with Gasteiger partial charge < -0.3 is 14.8 Å². The van der Waals surface area contributed by atoms with E-state index in [1.165, 1.54) is 19.3 Å². The molecule has 6 nitrogen and oxygen atoms in total. The summed E-state index contributed by atoms with van der Waals surface area (Å²) < 4.78 is 10.5. The largest absolute Gasteiger partial charge is 0.497 e. The molecule has 1 aliphatic rings. The van der Waals surface area contributed by atoms with Crippen molar-refractivity contribution >= 4 is 29.5 Å². The van der Waals surface area contributed by atoms with Gasteiger partial charge >= 0.3 is 5.97 Å². The van der Waals surface area contributed by atoms with Crippen LogP contribution in [-0.2, 0) is 0 Å². The number of hydrogen-bond acceptors (Lipinski definition) is 5. The van der Waals surface area contributed by atoms with Gasteiger partial charge in [0.1, 0.15) is 11.5 Å². The fraction of sp³-hybridized carbons (Fsp3) is 0.318. The Hall–Kier alpha value is -2.93. The van der Waals surface area contributed by atoms with E-state index in [2.05, 4.69) is 15.8 Å². The van der Waals surface area contributed by atoms with E-state index in [9.17, 15) is 4.79 Å². The van der Waals surface area contributed by atoms with Gasteiger partial charge in [0.25, 0.3) is 0 Å². The van der Waals surface area contributed by atoms with Gasteiger partial charge in [-0.25, -0.2) is 4.79 Å². The third-order valence-electron chi connectivity index (χ3n) is 4.71. The fourth-order valence-corrected chi connectivity index (χ4v) is 3.40. The molecule has 0 radical (unpaired) electrons. The second kappa shape index (κ2) is 10.6. The van der Waals surface area contributed by atoms with Crippen molar-refractivity contribution in [1.82, 2.24) is 10.7 Å². The number of carbonyl (C=O) groups excluding carboxylic acids is 1. The Bertz CT molecular complexity index is 862. The fourth-order valence-electron chi connectivity index (χ4n) is 3.18. The molecule has 2 aromatic rings. The van der Waals surface area contributed by atoms with E-state index >= 15 is 0 Å². The van der Waals surface area contributed by atoms with E-state index in [4.69, 9.17) is 21.7 Å². The van der Waals surface area contributed by atoms with E-state index in [0.717, 1.165) is 18.4 Å². The zero-order valence-electron chi connectivity index (χ0n) is 16.4. The van der Waals surface area contributed by atoms with E-state index in [1.807, 2.05) is 6.07 Å². The third-order valence-corrected chi connectivity index (χ3v) is 4.92. The second-order valence-electron chi connectivity index (χ2n) is 6.87. The van der Waals surface area contributed by atoms with Gasteiger partial charge in [-0.1, -0.05) is 31.4 Å². The number of methoxy groups -OCH3 is 1. The number of nitrogens with one attached hydrogen (secondary N) is 2. The van der Waals surface area contributed by atoms with Crippen LogP contribution < -0.4 is 20.2 Å². The molecule has 1 aliphatic carbocycles. The zero-order valence-corrected chi connectivity index (χ0v) is 17.2. The van der Waals surface area contributed by atoms with Crippen molar-refractivity contribution in [2.45, 2.75) is 38.1 Å². The van der Waals surface area contributed by atoms with Gasteiger partial charge in [-0.05, 0) is 67.0 Å².